The van der Waals surface area contributed by atoms with Gasteiger partial charge in [-0.25, -0.2) is 22.2 Å². The van der Waals surface area contributed by atoms with Gasteiger partial charge in [0.15, 0.2) is 23.3 Å². The number of pyridine rings is 1. The minimum absolute atomic E-state index is 0.0779. The average Bonchev–Trinajstić information content (AvgIpc) is 3.17. The Kier molecular flexibility index (Phi) is 6.12. The molecule has 0 aliphatic rings. The quantitative estimate of drug-likeness (QED) is 0.238. The second kappa shape index (κ2) is 9.42. The van der Waals surface area contributed by atoms with Crippen LogP contribution in [0.15, 0.2) is 83.8 Å². The second-order valence-corrected chi connectivity index (χ2v) is 8.48. The third-order valence-corrected chi connectivity index (χ3v) is 6.02. The molecular formula is C28H19F4N3O2. The highest BCUT2D eigenvalue weighted by molar-refractivity contribution is 6.09. The molecule has 0 saturated carbocycles. The zero-order valence-electron chi connectivity index (χ0n) is 19.4. The van der Waals surface area contributed by atoms with E-state index >= 15 is 0 Å². The first kappa shape index (κ1) is 24.1. The van der Waals surface area contributed by atoms with E-state index in [1.807, 2.05) is 11.4 Å². The molecule has 5 aromatic rings. The third-order valence-electron chi connectivity index (χ3n) is 6.02. The lowest BCUT2D eigenvalue weighted by atomic mass is 10.0. The van der Waals surface area contributed by atoms with Crippen LogP contribution in [0.25, 0.3) is 16.6 Å². The monoisotopic (exact) mass is 505 g/mol. The summed E-state index contributed by atoms with van der Waals surface area (Å²) in [5, 5.41) is 1.89. The number of anilines is 1. The van der Waals surface area contributed by atoms with Crippen molar-refractivity contribution in [1.29, 1.82) is 0 Å². The smallest absolute Gasteiger partial charge is 0.280 e. The van der Waals surface area contributed by atoms with E-state index in [0.717, 1.165) is 5.56 Å². The van der Waals surface area contributed by atoms with Crippen LogP contribution >= 0.6 is 0 Å². The van der Waals surface area contributed by atoms with Gasteiger partial charge in [0.1, 0.15) is 11.3 Å². The average molecular weight is 505 g/mol. The minimum Gasteiger partial charge on any atom is -0.317 e. The number of rotatable bonds is 5. The maximum Gasteiger partial charge on any atom is 0.280 e. The van der Waals surface area contributed by atoms with E-state index in [1.54, 1.807) is 55.6 Å². The van der Waals surface area contributed by atoms with E-state index in [-0.39, 0.29) is 17.6 Å². The summed E-state index contributed by atoms with van der Waals surface area (Å²) in [5.41, 5.74) is -1.81. The molecular weight excluding hydrogens is 486 g/mol. The van der Waals surface area contributed by atoms with Crippen molar-refractivity contribution < 1.29 is 22.4 Å². The first-order chi connectivity index (χ1) is 17.8. The lowest BCUT2D eigenvalue weighted by Gasteiger charge is -2.13. The molecule has 0 aliphatic heterocycles. The standard InChI is InChI=1S/C28H19F4N3O2/c1-16-12-13-34-19(14-16)21(28(37)35(34)15-17-8-4-2-5-9-17)27(36)33-26-24(31)22(29)20(23(30)25(26)32)18-10-6-3-7-11-18/h2-14H,15H2,1H3,(H,33,36). The van der Waals surface area contributed by atoms with Gasteiger partial charge in [-0.05, 0) is 35.7 Å². The number of benzene rings is 3. The van der Waals surface area contributed by atoms with Gasteiger partial charge in [-0.15, -0.1) is 0 Å². The van der Waals surface area contributed by atoms with E-state index in [4.69, 9.17) is 0 Å². The fourth-order valence-electron chi connectivity index (χ4n) is 4.23. The van der Waals surface area contributed by atoms with Crippen LogP contribution in [0.4, 0.5) is 23.2 Å². The van der Waals surface area contributed by atoms with Crippen LogP contribution in [-0.2, 0) is 6.54 Å². The van der Waals surface area contributed by atoms with Gasteiger partial charge < -0.3 is 5.32 Å². The number of hydrogen-bond acceptors (Lipinski definition) is 2. The summed E-state index contributed by atoms with van der Waals surface area (Å²) in [7, 11) is 0. The van der Waals surface area contributed by atoms with Crippen molar-refractivity contribution in [3.05, 3.63) is 129 Å². The number of halogens is 4. The maximum absolute atomic E-state index is 15.0. The summed E-state index contributed by atoms with van der Waals surface area (Å²) in [4.78, 5) is 26.5. The number of carbonyl (C=O) groups excluding carboxylic acids is 1. The van der Waals surface area contributed by atoms with E-state index in [2.05, 4.69) is 0 Å². The first-order valence-corrected chi connectivity index (χ1v) is 11.3. The number of nitrogens with one attached hydrogen (secondary N) is 1. The van der Waals surface area contributed by atoms with Crippen LogP contribution in [0.2, 0.25) is 0 Å². The van der Waals surface area contributed by atoms with E-state index in [1.165, 1.54) is 33.5 Å². The summed E-state index contributed by atoms with van der Waals surface area (Å²) >= 11 is 0. The summed E-state index contributed by atoms with van der Waals surface area (Å²) < 4.78 is 62.4. The van der Waals surface area contributed by atoms with Gasteiger partial charge in [-0.2, -0.15) is 0 Å². The highest BCUT2D eigenvalue weighted by Crippen LogP contribution is 2.34. The molecule has 0 atom stereocenters. The first-order valence-electron chi connectivity index (χ1n) is 11.3. The fraction of sp³-hybridized carbons (Fsp3) is 0.0714. The van der Waals surface area contributed by atoms with E-state index < -0.39 is 51.5 Å². The molecule has 5 nitrogen and oxygen atoms in total. The number of nitrogens with zero attached hydrogens (tertiary/aromatic N) is 2. The van der Waals surface area contributed by atoms with Crippen molar-refractivity contribution in [3.8, 4) is 11.1 Å². The molecule has 0 radical (unpaired) electrons. The van der Waals surface area contributed by atoms with Gasteiger partial charge in [0, 0.05) is 6.20 Å². The summed E-state index contributed by atoms with van der Waals surface area (Å²) in [6.07, 6.45) is 1.58. The van der Waals surface area contributed by atoms with Crippen LogP contribution in [0, 0.1) is 30.2 Å². The molecule has 186 valence electrons. The molecule has 0 fully saturated rings. The van der Waals surface area contributed by atoms with Crippen molar-refractivity contribution in [3.63, 3.8) is 0 Å². The molecule has 9 heteroatoms. The molecule has 0 spiro atoms. The van der Waals surface area contributed by atoms with Crippen LogP contribution in [0.1, 0.15) is 21.5 Å². The molecule has 0 saturated heterocycles. The number of carbonyl (C=O) groups is 1. The summed E-state index contributed by atoms with van der Waals surface area (Å²) in [5.74, 6) is -8.10. The largest absolute Gasteiger partial charge is 0.317 e. The second-order valence-electron chi connectivity index (χ2n) is 8.48. The number of hydrogen-bond donors (Lipinski definition) is 1. The minimum atomic E-state index is -1.78. The van der Waals surface area contributed by atoms with Crippen LogP contribution in [0.5, 0.6) is 0 Å². The number of amides is 1. The van der Waals surface area contributed by atoms with Crippen LogP contribution in [-0.4, -0.2) is 15.1 Å². The molecule has 1 amide bonds. The van der Waals surface area contributed by atoms with Crippen molar-refractivity contribution in [1.82, 2.24) is 9.20 Å². The zero-order chi connectivity index (χ0) is 26.3. The molecule has 2 aromatic heterocycles. The molecule has 0 unspecified atom stereocenters. The SMILES string of the molecule is Cc1ccn2c(c1)c(C(=O)Nc1c(F)c(F)c(-c3ccccc3)c(F)c1F)c(=O)n2Cc1ccccc1. The molecule has 1 N–H and O–H groups in total. The van der Waals surface area contributed by atoms with Crippen molar-refractivity contribution >= 4 is 17.1 Å². The predicted molar refractivity (Wildman–Crippen MR) is 132 cm³/mol. The van der Waals surface area contributed by atoms with Crippen molar-refractivity contribution in [2.75, 3.05) is 5.32 Å². The van der Waals surface area contributed by atoms with Gasteiger partial charge in [0.25, 0.3) is 11.5 Å². The zero-order valence-corrected chi connectivity index (χ0v) is 19.4. The number of aromatic nitrogens is 2. The van der Waals surface area contributed by atoms with Gasteiger partial charge >= 0.3 is 0 Å². The van der Waals surface area contributed by atoms with Crippen LogP contribution in [0.3, 0.4) is 0 Å². The van der Waals surface area contributed by atoms with Gasteiger partial charge in [-0.1, -0.05) is 60.7 Å². The molecule has 0 bridgehead atoms. The summed E-state index contributed by atoms with van der Waals surface area (Å²) in [6.45, 7) is 1.85. The summed E-state index contributed by atoms with van der Waals surface area (Å²) in [6, 6.07) is 19.4. The van der Waals surface area contributed by atoms with E-state index in [9.17, 15) is 27.2 Å². The molecule has 3 aromatic carbocycles. The Morgan fingerprint density at radius 1 is 0.838 bits per heavy atom. The molecule has 2 heterocycles. The normalized spacial score (nSPS) is 11.2. The topological polar surface area (TPSA) is 55.5 Å². The number of fused-ring (bicyclic) bond motifs is 1. The van der Waals surface area contributed by atoms with Gasteiger partial charge in [0.2, 0.25) is 0 Å². The lowest BCUT2D eigenvalue weighted by molar-refractivity contribution is 0.102. The highest BCUT2D eigenvalue weighted by atomic mass is 19.2. The Labute approximate surface area is 208 Å². The highest BCUT2D eigenvalue weighted by Gasteiger charge is 2.29. The Morgan fingerprint density at radius 3 is 2.05 bits per heavy atom. The van der Waals surface area contributed by atoms with Gasteiger partial charge in [0.05, 0.1) is 17.6 Å². The Balaban J connectivity index is 1.61. The fourth-order valence-corrected chi connectivity index (χ4v) is 4.23. The van der Waals surface area contributed by atoms with Crippen LogP contribution < -0.4 is 10.9 Å². The Hall–Kier alpha value is -4.66. The Bertz CT molecular complexity index is 1680. The molecule has 0 aliphatic carbocycles. The van der Waals surface area contributed by atoms with Crippen molar-refractivity contribution in [2.24, 2.45) is 0 Å². The Morgan fingerprint density at radius 2 is 1.43 bits per heavy atom. The molecule has 37 heavy (non-hydrogen) atoms. The van der Waals surface area contributed by atoms with Crippen molar-refractivity contribution in [2.45, 2.75) is 13.5 Å². The maximum atomic E-state index is 15.0. The molecule has 5 rings (SSSR count). The third kappa shape index (κ3) is 4.18. The predicted octanol–water partition coefficient (Wildman–Crippen LogP) is 5.93. The lowest BCUT2D eigenvalue weighted by Crippen LogP contribution is -2.26. The van der Waals surface area contributed by atoms with Gasteiger partial charge in [-0.3, -0.25) is 14.1 Å². The van der Waals surface area contributed by atoms with E-state index in [0.29, 0.717) is 5.56 Å². The number of aryl methyl sites for hydroxylation is 1.